The van der Waals surface area contributed by atoms with E-state index in [9.17, 15) is 9.90 Å². The van der Waals surface area contributed by atoms with Gasteiger partial charge in [0.25, 0.3) is 0 Å². The van der Waals surface area contributed by atoms with Crippen molar-refractivity contribution in [2.24, 2.45) is 0 Å². The number of hydrogen-bond donors (Lipinski definition) is 3. The molecule has 1 aromatic rings. The first kappa shape index (κ1) is 16.6. The normalized spacial score (nSPS) is 13.9. The van der Waals surface area contributed by atoms with Gasteiger partial charge >= 0.3 is 5.97 Å². The van der Waals surface area contributed by atoms with Crippen LogP contribution in [0.2, 0.25) is 0 Å². The van der Waals surface area contributed by atoms with E-state index in [0.717, 1.165) is 12.0 Å². The number of carboxylic acid groups (broad SMARTS) is 1. The average molecular weight is 281 g/mol. The van der Waals surface area contributed by atoms with Crippen LogP contribution in [-0.4, -0.2) is 42.0 Å². The van der Waals surface area contributed by atoms with E-state index in [-0.39, 0.29) is 6.42 Å². The molecule has 0 bridgehead atoms. The largest absolute Gasteiger partial charge is 0.481 e. The Bertz CT molecular complexity index is 383. The number of carboxylic acids is 1. The highest BCUT2D eigenvalue weighted by Gasteiger charge is 2.22. The monoisotopic (exact) mass is 281 g/mol. The highest BCUT2D eigenvalue weighted by atomic mass is 16.5. The van der Waals surface area contributed by atoms with Gasteiger partial charge in [-0.2, -0.15) is 0 Å². The molecule has 0 aliphatic rings. The van der Waals surface area contributed by atoms with Gasteiger partial charge in [0.2, 0.25) is 0 Å². The number of rotatable bonds is 10. The highest BCUT2D eigenvalue weighted by Crippen LogP contribution is 2.18. The van der Waals surface area contributed by atoms with E-state index < -0.39 is 18.1 Å². The number of nitrogens with one attached hydrogen (secondary N) is 1. The highest BCUT2D eigenvalue weighted by molar-refractivity contribution is 5.67. The summed E-state index contributed by atoms with van der Waals surface area (Å²) in [5.74, 6) is -0.928. The molecule has 1 rings (SSSR count). The van der Waals surface area contributed by atoms with Gasteiger partial charge in [0, 0.05) is 19.3 Å². The molecule has 5 nitrogen and oxygen atoms in total. The summed E-state index contributed by atoms with van der Waals surface area (Å²) in [7, 11) is 0. The Morgan fingerprint density at radius 1 is 1.35 bits per heavy atom. The third-order valence-corrected chi connectivity index (χ3v) is 2.99. The van der Waals surface area contributed by atoms with Crippen molar-refractivity contribution in [3.05, 3.63) is 35.9 Å². The molecule has 0 aromatic heterocycles. The van der Waals surface area contributed by atoms with Crippen molar-refractivity contribution in [1.82, 2.24) is 5.32 Å². The molecule has 5 heteroatoms. The lowest BCUT2D eigenvalue weighted by molar-refractivity contribution is -0.138. The van der Waals surface area contributed by atoms with Gasteiger partial charge in [0.05, 0.1) is 12.5 Å². The summed E-state index contributed by atoms with van der Waals surface area (Å²) in [6, 6.07) is 8.59. The topological polar surface area (TPSA) is 78.8 Å². The SMILES string of the molecule is CCOCCCNC(CC(=O)O)C(O)c1ccccc1. The first-order valence-corrected chi connectivity index (χ1v) is 6.91. The maximum Gasteiger partial charge on any atom is 0.305 e. The first-order valence-electron chi connectivity index (χ1n) is 6.91. The molecule has 0 saturated carbocycles. The Hall–Kier alpha value is -1.43. The van der Waals surface area contributed by atoms with Gasteiger partial charge in [-0.25, -0.2) is 0 Å². The second-order valence-electron chi connectivity index (χ2n) is 4.56. The molecule has 3 N–H and O–H groups in total. The first-order chi connectivity index (χ1) is 9.65. The Kier molecular flexibility index (Phi) is 7.87. The molecule has 2 unspecified atom stereocenters. The predicted molar refractivity (Wildman–Crippen MR) is 76.6 cm³/mol. The van der Waals surface area contributed by atoms with Crippen molar-refractivity contribution in [3.8, 4) is 0 Å². The number of ether oxygens (including phenoxy) is 1. The second kappa shape index (κ2) is 9.47. The fourth-order valence-corrected chi connectivity index (χ4v) is 1.97. The van der Waals surface area contributed by atoms with Crippen molar-refractivity contribution < 1.29 is 19.7 Å². The lowest BCUT2D eigenvalue weighted by Gasteiger charge is -2.23. The van der Waals surface area contributed by atoms with Crippen LogP contribution in [0.25, 0.3) is 0 Å². The van der Waals surface area contributed by atoms with Gasteiger partial charge in [-0.3, -0.25) is 4.79 Å². The molecular weight excluding hydrogens is 258 g/mol. The van der Waals surface area contributed by atoms with E-state index in [1.54, 1.807) is 12.1 Å². The quantitative estimate of drug-likeness (QED) is 0.567. The number of aliphatic hydroxyl groups excluding tert-OH is 1. The lowest BCUT2D eigenvalue weighted by atomic mass is 9.99. The van der Waals surface area contributed by atoms with Crippen LogP contribution in [0.3, 0.4) is 0 Å². The van der Waals surface area contributed by atoms with E-state index in [1.807, 2.05) is 25.1 Å². The van der Waals surface area contributed by atoms with Gasteiger partial charge in [0.15, 0.2) is 0 Å². The molecule has 2 atom stereocenters. The summed E-state index contributed by atoms with van der Waals surface area (Å²) in [6.07, 6.45) is -0.171. The molecular formula is C15H23NO4. The third kappa shape index (κ3) is 6.14. The van der Waals surface area contributed by atoms with Crippen LogP contribution in [0.15, 0.2) is 30.3 Å². The maximum atomic E-state index is 10.9. The Morgan fingerprint density at radius 3 is 2.65 bits per heavy atom. The Labute approximate surface area is 119 Å². The van der Waals surface area contributed by atoms with Crippen LogP contribution in [0.5, 0.6) is 0 Å². The fourth-order valence-electron chi connectivity index (χ4n) is 1.97. The Balaban J connectivity index is 2.52. The van der Waals surface area contributed by atoms with Crippen LogP contribution < -0.4 is 5.32 Å². The fraction of sp³-hybridized carbons (Fsp3) is 0.533. The van der Waals surface area contributed by atoms with E-state index >= 15 is 0 Å². The Morgan fingerprint density at radius 2 is 2.05 bits per heavy atom. The second-order valence-corrected chi connectivity index (χ2v) is 4.56. The summed E-state index contributed by atoms with van der Waals surface area (Å²) in [6.45, 7) is 3.84. The van der Waals surface area contributed by atoms with E-state index in [2.05, 4.69) is 5.32 Å². The van der Waals surface area contributed by atoms with Crippen molar-refractivity contribution in [3.63, 3.8) is 0 Å². The molecule has 0 saturated heterocycles. The molecule has 0 aliphatic heterocycles. The minimum atomic E-state index is -0.928. The van der Waals surface area contributed by atoms with Crippen molar-refractivity contribution in [1.29, 1.82) is 0 Å². The summed E-state index contributed by atoms with van der Waals surface area (Å²) in [4.78, 5) is 10.9. The van der Waals surface area contributed by atoms with Crippen molar-refractivity contribution in [2.45, 2.75) is 31.9 Å². The maximum absolute atomic E-state index is 10.9. The third-order valence-electron chi connectivity index (χ3n) is 2.99. The van der Waals surface area contributed by atoms with E-state index in [4.69, 9.17) is 9.84 Å². The molecule has 0 spiro atoms. The van der Waals surface area contributed by atoms with Gasteiger partial charge in [-0.15, -0.1) is 0 Å². The number of hydrogen-bond acceptors (Lipinski definition) is 4. The number of carbonyl (C=O) groups is 1. The molecule has 20 heavy (non-hydrogen) atoms. The van der Waals surface area contributed by atoms with Crippen molar-refractivity contribution >= 4 is 5.97 Å². The molecule has 112 valence electrons. The number of aliphatic carboxylic acids is 1. The average Bonchev–Trinajstić information content (AvgIpc) is 2.45. The standard InChI is InChI=1S/C15H23NO4/c1-2-20-10-6-9-16-13(11-14(17)18)15(19)12-7-4-3-5-8-12/h3-5,7-8,13,15-16,19H,2,6,9-11H2,1H3,(H,17,18). The molecule has 0 radical (unpaired) electrons. The summed E-state index contributed by atoms with van der Waals surface area (Å²) >= 11 is 0. The predicted octanol–water partition coefficient (Wildman–Crippen LogP) is 1.58. The smallest absolute Gasteiger partial charge is 0.305 e. The number of benzene rings is 1. The summed E-state index contributed by atoms with van der Waals surface area (Å²) in [5, 5.41) is 22.3. The van der Waals surface area contributed by atoms with Gasteiger partial charge in [0.1, 0.15) is 0 Å². The van der Waals surface area contributed by atoms with Gasteiger partial charge in [-0.05, 0) is 25.5 Å². The van der Waals surface area contributed by atoms with Crippen molar-refractivity contribution in [2.75, 3.05) is 19.8 Å². The summed E-state index contributed by atoms with van der Waals surface area (Å²) in [5.41, 5.74) is 0.719. The molecule has 0 aliphatic carbocycles. The van der Waals surface area contributed by atoms with Crippen LogP contribution in [0.4, 0.5) is 0 Å². The molecule has 1 aromatic carbocycles. The van der Waals surface area contributed by atoms with Gasteiger partial charge < -0.3 is 20.3 Å². The van der Waals surface area contributed by atoms with Crippen LogP contribution in [0, 0.1) is 0 Å². The van der Waals surface area contributed by atoms with Crippen LogP contribution in [-0.2, 0) is 9.53 Å². The van der Waals surface area contributed by atoms with E-state index in [1.165, 1.54) is 0 Å². The molecule has 0 heterocycles. The number of aliphatic hydroxyl groups is 1. The zero-order chi connectivity index (χ0) is 14.8. The lowest BCUT2D eigenvalue weighted by Crippen LogP contribution is -2.37. The van der Waals surface area contributed by atoms with Crippen LogP contribution >= 0.6 is 0 Å². The van der Waals surface area contributed by atoms with E-state index in [0.29, 0.717) is 19.8 Å². The van der Waals surface area contributed by atoms with Crippen LogP contribution in [0.1, 0.15) is 31.4 Å². The molecule has 0 amide bonds. The minimum Gasteiger partial charge on any atom is -0.481 e. The van der Waals surface area contributed by atoms with Gasteiger partial charge in [-0.1, -0.05) is 30.3 Å². The summed E-state index contributed by atoms with van der Waals surface area (Å²) < 4.78 is 5.22. The molecule has 0 fully saturated rings. The minimum absolute atomic E-state index is 0.120. The zero-order valence-corrected chi connectivity index (χ0v) is 11.8. The zero-order valence-electron chi connectivity index (χ0n) is 11.8.